The van der Waals surface area contributed by atoms with Gasteiger partial charge in [-0.05, 0) is 19.4 Å². The van der Waals surface area contributed by atoms with Crippen LogP contribution in [0.15, 0.2) is 12.3 Å². The SMILES string of the molecule is CCCNC(=O)N(C)C[C@@H]1Oc2ncc(C#CC(C)C)cc2C(=O)N([C@H](C)CO)C[C@H]1C. The fourth-order valence-electron chi connectivity index (χ4n) is 3.34. The zero-order valence-corrected chi connectivity index (χ0v) is 20.0. The Labute approximate surface area is 191 Å². The minimum Gasteiger partial charge on any atom is -0.472 e. The number of aromatic nitrogens is 1. The number of ether oxygens (including phenoxy) is 1. The first-order valence-corrected chi connectivity index (χ1v) is 11.3. The van der Waals surface area contributed by atoms with Crippen LogP contribution >= 0.6 is 0 Å². The van der Waals surface area contributed by atoms with Gasteiger partial charge in [0, 0.05) is 43.7 Å². The Bertz CT molecular complexity index is 861. The molecule has 2 N–H and O–H groups in total. The summed E-state index contributed by atoms with van der Waals surface area (Å²) in [7, 11) is 1.72. The zero-order chi connectivity index (χ0) is 23.8. The van der Waals surface area contributed by atoms with Gasteiger partial charge in [-0.2, -0.15) is 0 Å². The van der Waals surface area contributed by atoms with Gasteiger partial charge < -0.3 is 25.0 Å². The summed E-state index contributed by atoms with van der Waals surface area (Å²) < 4.78 is 6.20. The molecule has 0 fully saturated rings. The summed E-state index contributed by atoms with van der Waals surface area (Å²) in [5.41, 5.74) is 0.947. The van der Waals surface area contributed by atoms with Crippen molar-refractivity contribution in [3.05, 3.63) is 23.4 Å². The largest absolute Gasteiger partial charge is 0.472 e. The van der Waals surface area contributed by atoms with Gasteiger partial charge in [-0.15, -0.1) is 0 Å². The maximum absolute atomic E-state index is 13.4. The van der Waals surface area contributed by atoms with E-state index in [2.05, 4.69) is 22.1 Å². The number of nitrogens with zero attached hydrogens (tertiary/aromatic N) is 3. The average molecular weight is 445 g/mol. The Morgan fingerprint density at radius 3 is 2.78 bits per heavy atom. The summed E-state index contributed by atoms with van der Waals surface area (Å²) in [5.74, 6) is 6.20. The summed E-state index contributed by atoms with van der Waals surface area (Å²) in [5, 5.41) is 12.6. The van der Waals surface area contributed by atoms with E-state index in [1.165, 1.54) is 0 Å². The minimum absolute atomic E-state index is 0.0928. The molecule has 1 aromatic rings. The molecule has 1 aliphatic heterocycles. The van der Waals surface area contributed by atoms with Gasteiger partial charge in [-0.1, -0.05) is 39.5 Å². The fourth-order valence-corrected chi connectivity index (χ4v) is 3.34. The fraction of sp³-hybridized carbons (Fsp3) is 0.625. The van der Waals surface area contributed by atoms with Crippen LogP contribution in [0.3, 0.4) is 0 Å². The lowest BCUT2D eigenvalue weighted by molar-refractivity contribution is 0.0352. The molecule has 0 radical (unpaired) electrons. The minimum atomic E-state index is -0.382. The predicted molar refractivity (Wildman–Crippen MR) is 123 cm³/mol. The number of aliphatic hydroxyl groups excluding tert-OH is 1. The lowest BCUT2D eigenvalue weighted by Crippen LogP contribution is -2.51. The van der Waals surface area contributed by atoms with Crippen molar-refractivity contribution >= 4 is 11.9 Å². The van der Waals surface area contributed by atoms with Crippen LogP contribution in [0.4, 0.5) is 4.79 Å². The first-order valence-electron chi connectivity index (χ1n) is 11.3. The maximum atomic E-state index is 13.4. The third-order valence-corrected chi connectivity index (χ3v) is 5.35. The zero-order valence-electron chi connectivity index (χ0n) is 20.0. The number of pyridine rings is 1. The van der Waals surface area contributed by atoms with Crippen LogP contribution in [0.1, 0.15) is 57.0 Å². The van der Waals surface area contributed by atoms with Crippen LogP contribution in [0, 0.1) is 23.7 Å². The third kappa shape index (κ3) is 6.60. The number of aliphatic hydroxyl groups is 1. The van der Waals surface area contributed by atoms with E-state index in [4.69, 9.17) is 4.74 Å². The van der Waals surface area contributed by atoms with Crippen molar-refractivity contribution < 1.29 is 19.4 Å². The standard InChI is InChI=1S/C24H36N4O4/c1-7-10-25-24(31)27(6)14-21-17(4)13-28(18(5)15-29)23(30)20-11-19(9-8-16(2)3)12-26-22(20)32-21/h11-12,16-18,21,29H,7,10,13-15H2,1-6H3,(H,25,31)/t17-,18-,21+/m1/s1. The summed E-state index contributed by atoms with van der Waals surface area (Å²) in [6.45, 7) is 10.9. The number of nitrogens with one attached hydrogen (secondary N) is 1. The molecule has 3 atom stereocenters. The third-order valence-electron chi connectivity index (χ3n) is 5.35. The molecule has 176 valence electrons. The van der Waals surface area contributed by atoms with Crippen molar-refractivity contribution in [2.75, 3.05) is 33.3 Å². The van der Waals surface area contributed by atoms with Crippen molar-refractivity contribution in [2.24, 2.45) is 11.8 Å². The lowest BCUT2D eigenvalue weighted by Gasteiger charge is -2.37. The molecular formula is C24H36N4O4. The molecule has 0 spiro atoms. The highest BCUT2D eigenvalue weighted by Crippen LogP contribution is 2.27. The molecule has 0 aromatic carbocycles. The van der Waals surface area contributed by atoms with Crippen molar-refractivity contribution in [1.29, 1.82) is 0 Å². The Kier molecular flexibility index (Phi) is 9.33. The first-order chi connectivity index (χ1) is 15.2. The molecule has 3 amide bonds. The van der Waals surface area contributed by atoms with E-state index in [-0.39, 0.29) is 48.4 Å². The molecule has 8 nitrogen and oxygen atoms in total. The van der Waals surface area contributed by atoms with Gasteiger partial charge in [0.15, 0.2) is 0 Å². The van der Waals surface area contributed by atoms with E-state index >= 15 is 0 Å². The second-order valence-corrected chi connectivity index (χ2v) is 8.74. The number of carbonyl (C=O) groups is 2. The second-order valence-electron chi connectivity index (χ2n) is 8.74. The summed E-state index contributed by atoms with van der Waals surface area (Å²) in [6, 6.07) is 1.16. The molecule has 2 rings (SSSR count). The van der Waals surface area contributed by atoms with Crippen LogP contribution in [-0.4, -0.2) is 77.3 Å². The predicted octanol–water partition coefficient (Wildman–Crippen LogP) is 2.36. The van der Waals surface area contributed by atoms with Crippen LogP contribution in [0.2, 0.25) is 0 Å². The molecular weight excluding hydrogens is 408 g/mol. The smallest absolute Gasteiger partial charge is 0.317 e. The van der Waals surface area contributed by atoms with Gasteiger partial charge in [0.05, 0.1) is 19.2 Å². The van der Waals surface area contributed by atoms with Crippen LogP contribution in [0.5, 0.6) is 5.88 Å². The summed E-state index contributed by atoms with van der Waals surface area (Å²) in [6.07, 6.45) is 2.07. The molecule has 0 aliphatic carbocycles. The Balaban J connectivity index is 2.40. The molecule has 0 saturated carbocycles. The molecule has 1 aromatic heterocycles. The molecule has 1 aliphatic rings. The van der Waals surface area contributed by atoms with Gasteiger partial charge >= 0.3 is 6.03 Å². The number of urea groups is 1. The van der Waals surface area contributed by atoms with E-state index in [0.29, 0.717) is 30.8 Å². The number of fused-ring (bicyclic) bond motifs is 1. The van der Waals surface area contributed by atoms with E-state index in [1.807, 2.05) is 34.6 Å². The van der Waals surface area contributed by atoms with E-state index in [1.54, 1.807) is 29.1 Å². The van der Waals surface area contributed by atoms with Gasteiger partial charge in [0.1, 0.15) is 11.7 Å². The highest BCUT2D eigenvalue weighted by Gasteiger charge is 2.34. The quantitative estimate of drug-likeness (QED) is 0.657. The van der Waals surface area contributed by atoms with E-state index < -0.39 is 0 Å². The van der Waals surface area contributed by atoms with Gasteiger partial charge in [-0.25, -0.2) is 9.78 Å². The maximum Gasteiger partial charge on any atom is 0.317 e. The first kappa shape index (κ1) is 25.5. The monoisotopic (exact) mass is 444 g/mol. The molecule has 0 saturated heterocycles. The van der Waals surface area contributed by atoms with Crippen molar-refractivity contribution in [1.82, 2.24) is 20.1 Å². The number of likely N-dealkylation sites (N-methyl/N-ethyl adjacent to an activating group) is 1. The van der Waals surface area contributed by atoms with Crippen LogP contribution in [-0.2, 0) is 0 Å². The van der Waals surface area contributed by atoms with E-state index in [0.717, 1.165) is 6.42 Å². The number of rotatable bonds is 6. The summed E-state index contributed by atoms with van der Waals surface area (Å²) in [4.78, 5) is 33.3. The van der Waals surface area contributed by atoms with Crippen molar-refractivity contribution in [3.63, 3.8) is 0 Å². The molecule has 0 unspecified atom stereocenters. The lowest BCUT2D eigenvalue weighted by atomic mass is 10.00. The van der Waals surface area contributed by atoms with Crippen LogP contribution in [0.25, 0.3) is 0 Å². The molecule has 2 heterocycles. The van der Waals surface area contributed by atoms with Gasteiger partial charge in [0.2, 0.25) is 5.88 Å². The average Bonchev–Trinajstić information content (AvgIpc) is 2.77. The number of carbonyl (C=O) groups excluding carboxylic acids is 2. The highest BCUT2D eigenvalue weighted by molar-refractivity contribution is 5.97. The number of amides is 3. The normalized spacial score (nSPS) is 19.1. The number of hydrogen-bond acceptors (Lipinski definition) is 5. The second kappa shape index (κ2) is 11.7. The molecule has 8 heteroatoms. The van der Waals surface area contributed by atoms with Gasteiger partial charge in [-0.3, -0.25) is 4.79 Å². The van der Waals surface area contributed by atoms with Gasteiger partial charge in [0.25, 0.3) is 5.91 Å². The Hall–Kier alpha value is -2.79. The van der Waals surface area contributed by atoms with Crippen LogP contribution < -0.4 is 10.1 Å². The summed E-state index contributed by atoms with van der Waals surface area (Å²) >= 11 is 0. The van der Waals surface area contributed by atoms with E-state index in [9.17, 15) is 14.7 Å². The molecule has 0 bridgehead atoms. The van der Waals surface area contributed by atoms with Crippen molar-refractivity contribution in [2.45, 2.75) is 53.2 Å². The highest BCUT2D eigenvalue weighted by atomic mass is 16.5. The Morgan fingerprint density at radius 1 is 1.44 bits per heavy atom. The Morgan fingerprint density at radius 2 is 2.16 bits per heavy atom. The topological polar surface area (TPSA) is 95.0 Å². The molecule has 32 heavy (non-hydrogen) atoms. The van der Waals surface area contributed by atoms with Crippen molar-refractivity contribution in [3.8, 4) is 17.7 Å². The number of hydrogen-bond donors (Lipinski definition) is 2.